The molecule has 2 aromatic rings. The van der Waals surface area contributed by atoms with Crippen molar-refractivity contribution in [2.45, 2.75) is 68.6 Å². The first-order valence-corrected chi connectivity index (χ1v) is 13.8. The van der Waals surface area contributed by atoms with Gasteiger partial charge in [-0.05, 0) is 50.5 Å². The van der Waals surface area contributed by atoms with Crippen molar-refractivity contribution in [2.75, 3.05) is 5.32 Å². The summed E-state index contributed by atoms with van der Waals surface area (Å²) in [7, 11) is -3.99. The fraction of sp³-hybridized carbons (Fsp3) is 0.400. The molecular weight excluding hydrogens is 470 g/mol. The van der Waals surface area contributed by atoms with Gasteiger partial charge >= 0.3 is 0 Å². The van der Waals surface area contributed by atoms with Crippen molar-refractivity contribution in [1.82, 2.24) is 4.90 Å². The molecule has 1 aliphatic carbocycles. The lowest BCUT2D eigenvalue weighted by atomic mass is 9.94. The standard InChI is InChI=1S/C25H29N3O4S2/c1-17-12-14-20(15-13-17)34(31,32)27-25-28(19-9-4-3-5-10-19)24(30)22(33-25)16-23(29)26-21-11-7-6-8-18(21)2/h6-8,11-15,19,22H,3-5,9-10,16H2,1-2H3,(H,26,29)/t22-/m0/s1. The number of amides is 2. The topological polar surface area (TPSA) is 95.9 Å². The molecule has 0 radical (unpaired) electrons. The van der Waals surface area contributed by atoms with Gasteiger partial charge in [-0.15, -0.1) is 4.40 Å². The summed E-state index contributed by atoms with van der Waals surface area (Å²) in [5.41, 5.74) is 2.57. The van der Waals surface area contributed by atoms with Crippen LogP contribution in [0.2, 0.25) is 0 Å². The minimum Gasteiger partial charge on any atom is -0.326 e. The van der Waals surface area contributed by atoms with Gasteiger partial charge in [-0.25, -0.2) is 0 Å². The lowest BCUT2D eigenvalue weighted by Gasteiger charge is -2.30. The van der Waals surface area contributed by atoms with Crippen molar-refractivity contribution >= 4 is 44.5 Å². The molecule has 0 unspecified atom stereocenters. The Morgan fingerprint density at radius 2 is 1.74 bits per heavy atom. The summed E-state index contributed by atoms with van der Waals surface area (Å²) in [6.45, 7) is 3.78. The molecule has 2 fully saturated rings. The van der Waals surface area contributed by atoms with Crippen LogP contribution >= 0.6 is 11.8 Å². The third-order valence-electron chi connectivity index (χ3n) is 6.21. The van der Waals surface area contributed by atoms with Crippen LogP contribution in [0.4, 0.5) is 5.69 Å². The first-order chi connectivity index (χ1) is 16.2. The molecule has 0 aromatic heterocycles. The fourth-order valence-corrected chi connectivity index (χ4v) is 6.70. The Hall–Kier alpha value is -2.65. The summed E-state index contributed by atoms with van der Waals surface area (Å²) in [5, 5.41) is 2.33. The van der Waals surface area contributed by atoms with Crippen LogP contribution in [0.15, 0.2) is 57.8 Å². The number of aryl methyl sites for hydroxylation is 2. The van der Waals surface area contributed by atoms with Crippen LogP contribution in [0.1, 0.15) is 49.7 Å². The summed E-state index contributed by atoms with van der Waals surface area (Å²) >= 11 is 1.07. The predicted molar refractivity (Wildman–Crippen MR) is 135 cm³/mol. The van der Waals surface area contributed by atoms with Gasteiger partial charge in [0.2, 0.25) is 11.8 Å². The van der Waals surface area contributed by atoms with Crippen LogP contribution in [-0.2, 0) is 19.6 Å². The van der Waals surface area contributed by atoms with Crippen molar-refractivity contribution in [2.24, 2.45) is 4.40 Å². The Kier molecular flexibility index (Phi) is 7.42. The zero-order valence-electron chi connectivity index (χ0n) is 19.4. The van der Waals surface area contributed by atoms with Crippen LogP contribution in [-0.4, -0.2) is 41.6 Å². The molecule has 0 bridgehead atoms. The Balaban J connectivity index is 1.58. The van der Waals surface area contributed by atoms with Crippen molar-refractivity contribution in [3.05, 3.63) is 59.7 Å². The van der Waals surface area contributed by atoms with E-state index in [1.165, 1.54) is 12.1 Å². The summed E-state index contributed by atoms with van der Waals surface area (Å²) in [6, 6.07) is 13.8. The Labute approximate surface area is 205 Å². The van der Waals surface area contributed by atoms with Crippen molar-refractivity contribution < 1.29 is 18.0 Å². The number of anilines is 1. The molecule has 0 spiro atoms. The number of amidine groups is 1. The van der Waals surface area contributed by atoms with E-state index in [2.05, 4.69) is 9.71 Å². The largest absolute Gasteiger partial charge is 0.326 e. The number of benzene rings is 2. The van der Waals surface area contributed by atoms with Gasteiger partial charge < -0.3 is 5.32 Å². The van der Waals surface area contributed by atoms with E-state index in [4.69, 9.17) is 0 Å². The molecule has 9 heteroatoms. The number of hydrogen-bond donors (Lipinski definition) is 1. The number of sulfonamides is 1. The molecule has 4 rings (SSSR count). The fourth-order valence-electron chi connectivity index (χ4n) is 4.30. The molecule has 1 saturated heterocycles. The van der Waals surface area contributed by atoms with E-state index in [-0.39, 0.29) is 34.3 Å². The Morgan fingerprint density at radius 1 is 1.06 bits per heavy atom. The number of hydrogen-bond acceptors (Lipinski definition) is 5. The first kappa shape index (κ1) is 24.5. The van der Waals surface area contributed by atoms with E-state index < -0.39 is 15.3 Å². The molecule has 2 aromatic carbocycles. The van der Waals surface area contributed by atoms with E-state index >= 15 is 0 Å². The van der Waals surface area contributed by atoms with Gasteiger partial charge in [-0.2, -0.15) is 8.42 Å². The molecule has 1 atom stereocenters. The predicted octanol–water partition coefficient (Wildman–Crippen LogP) is 4.65. The average molecular weight is 500 g/mol. The quantitative estimate of drug-likeness (QED) is 0.624. The summed E-state index contributed by atoms with van der Waals surface area (Å²) in [6.07, 6.45) is 4.62. The zero-order chi connectivity index (χ0) is 24.3. The maximum Gasteiger partial charge on any atom is 0.284 e. The minimum absolute atomic E-state index is 0.0509. The Bertz CT molecular complexity index is 1200. The molecule has 1 aliphatic heterocycles. The van der Waals surface area contributed by atoms with Crippen LogP contribution in [0.3, 0.4) is 0 Å². The summed E-state index contributed by atoms with van der Waals surface area (Å²) in [4.78, 5) is 27.8. The molecule has 2 amide bonds. The number of carbonyl (C=O) groups is 2. The molecule has 34 heavy (non-hydrogen) atoms. The van der Waals surface area contributed by atoms with Crippen LogP contribution in [0.25, 0.3) is 0 Å². The minimum atomic E-state index is -3.99. The second-order valence-corrected chi connectivity index (χ2v) is 11.6. The van der Waals surface area contributed by atoms with E-state index in [9.17, 15) is 18.0 Å². The van der Waals surface area contributed by atoms with Crippen LogP contribution < -0.4 is 5.32 Å². The number of rotatable bonds is 6. The van der Waals surface area contributed by atoms with Gasteiger partial charge in [0.15, 0.2) is 5.17 Å². The van der Waals surface area contributed by atoms with Gasteiger partial charge in [-0.3, -0.25) is 14.5 Å². The van der Waals surface area contributed by atoms with Crippen molar-refractivity contribution in [3.8, 4) is 0 Å². The third-order valence-corrected chi connectivity index (χ3v) is 8.76. The lowest BCUT2D eigenvalue weighted by molar-refractivity contribution is -0.130. The van der Waals surface area contributed by atoms with E-state index in [1.807, 2.05) is 38.1 Å². The van der Waals surface area contributed by atoms with Crippen LogP contribution in [0, 0.1) is 13.8 Å². The number of para-hydroxylation sites is 1. The number of nitrogens with zero attached hydrogens (tertiary/aromatic N) is 2. The van der Waals surface area contributed by atoms with E-state index in [0.29, 0.717) is 5.69 Å². The van der Waals surface area contributed by atoms with Crippen molar-refractivity contribution in [1.29, 1.82) is 0 Å². The molecule has 1 N–H and O–H groups in total. The molecule has 1 heterocycles. The smallest absolute Gasteiger partial charge is 0.284 e. The molecule has 1 saturated carbocycles. The second kappa shape index (κ2) is 10.3. The molecule has 180 valence electrons. The number of thioether (sulfide) groups is 1. The Morgan fingerprint density at radius 3 is 2.41 bits per heavy atom. The van der Waals surface area contributed by atoms with Gasteiger partial charge in [-0.1, -0.05) is 66.9 Å². The number of nitrogens with one attached hydrogen (secondary N) is 1. The normalized spacial score (nSPS) is 20.6. The number of carbonyl (C=O) groups excluding carboxylic acids is 2. The highest BCUT2D eigenvalue weighted by Gasteiger charge is 2.43. The van der Waals surface area contributed by atoms with E-state index in [0.717, 1.165) is 55.0 Å². The van der Waals surface area contributed by atoms with Gasteiger partial charge in [0.05, 0.1) is 4.90 Å². The first-order valence-electron chi connectivity index (χ1n) is 11.5. The van der Waals surface area contributed by atoms with Gasteiger partial charge in [0, 0.05) is 18.2 Å². The maximum atomic E-state index is 13.4. The summed E-state index contributed by atoms with van der Waals surface area (Å²) in [5.74, 6) is -0.527. The van der Waals surface area contributed by atoms with Crippen molar-refractivity contribution in [3.63, 3.8) is 0 Å². The molecule has 7 nitrogen and oxygen atoms in total. The highest BCUT2D eigenvalue weighted by Crippen LogP contribution is 2.36. The average Bonchev–Trinajstić information content (AvgIpc) is 3.10. The van der Waals surface area contributed by atoms with Crippen LogP contribution in [0.5, 0.6) is 0 Å². The highest BCUT2D eigenvalue weighted by atomic mass is 32.2. The maximum absolute atomic E-state index is 13.4. The van der Waals surface area contributed by atoms with Gasteiger partial charge in [0.25, 0.3) is 10.0 Å². The SMILES string of the molecule is Cc1ccc(S(=O)(=O)N=C2S[C@@H](CC(=O)Nc3ccccc3C)C(=O)N2C2CCCCC2)cc1. The summed E-state index contributed by atoms with van der Waals surface area (Å²) < 4.78 is 30.1. The highest BCUT2D eigenvalue weighted by molar-refractivity contribution is 8.16. The monoisotopic (exact) mass is 499 g/mol. The van der Waals surface area contributed by atoms with E-state index in [1.54, 1.807) is 17.0 Å². The zero-order valence-corrected chi connectivity index (χ0v) is 21.0. The molecule has 2 aliphatic rings. The van der Waals surface area contributed by atoms with Gasteiger partial charge in [0.1, 0.15) is 5.25 Å². The second-order valence-electron chi connectivity index (χ2n) is 8.84. The lowest BCUT2D eigenvalue weighted by Crippen LogP contribution is -2.42. The third kappa shape index (κ3) is 5.52. The molecular formula is C25H29N3O4S2.